The maximum atomic E-state index is 12.6. The first-order valence-electron chi connectivity index (χ1n) is 4.29. The highest BCUT2D eigenvalue weighted by Crippen LogP contribution is 2.82. The Kier molecular flexibility index (Phi) is 3.24. The molecular formula is C8H9Cl4F3. The van der Waals surface area contributed by atoms with Crippen LogP contribution in [0.4, 0.5) is 13.2 Å². The van der Waals surface area contributed by atoms with Crippen LogP contribution < -0.4 is 0 Å². The van der Waals surface area contributed by atoms with Gasteiger partial charge >= 0.3 is 6.18 Å². The van der Waals surface area contributed by atoms with E-state index in [-0.39, 0.29) is 6.42 Å². The number of alkyl halides is 7. The van der Waals surface area contributed by atoms with Crippen molar-refractivity contribution in [3.63, 3.8) is 0 Å². The average Bonchev–Trinajstić information content (AvgIpc) is 2.37. The molecule has 0 heterocycles. The van der Waals surface area contributed by atoms with E-state index in [1.54, 1.807) is 0 Å². The first kappa shape index (κ1) is 14.0. The quantitative estimate of drug-likeness (QED) is 0.634. The molecule has 0 aromatic rings. The van der Waals surface area contributed by atoms with Gasteiger partial charge in [-0.15, -0.1) is 0 Å². The molecule has 0 spiro atoms. The van der Waals surface area contributed by atoms with Crippen molar-refractivity contribution in [2.24, 2.45) is 11.3 Å². The third-order valence-electron chi connectivity index (χ3n) is 3.24. The van der Waals surface area contributed by atoms with Crippen LogP contribution in [-0.2, 0) is 0 Å². The van der Waals surface area contributed by atoms with E-state index in [1.807, 2.05) is 0 Å². The Morgan fingerprint density at radius 3 is 1.47 bits per heavy atom. The fraction of sp³-hybridized carbons (Fsp3) is 1.00. The van der Waals surface area contributed by atoms with Crippen molar-refractivity contribution in [2.45, 2.75) is 35.1 Å². The fourth-order valence-corrected chi connectivity index (χ4v) is 4.50. The highest BCUT2D eigenvalue weighted by atomic mass is 35.5. The SMILES string of the molecule is CCC1(C(C)C(F)(F)F)C(Cl)(Cl)C1(Cl)Cl. The van der Waals surface area contributed by atoms with Gasteiger partial charge in [-0.2, -0.15) is 13.2 Å². The Hall–Kier alpha value is 0.950. The van der Waals surface area contributed by atoms with Crippen molar-refractivity contribution >= 4 is 46.4 Å². The van der Waals surface area contributed by atoms with Gasteiger partial charge in [-0.05, 0) is 6.42 Å². The van der Waals surface area contributed by atoms with Crippen molar-refractivity contribution < 1.29 is 13.2 Å². The molecule has 0 bridgehead atoms. The van der Waals surface area contributed by atoms with E-state index < -0.39 is 26.2 Å². The van der Waals surface area contributed by atoms with Gasteiger partial charge in [-0.1, -0.05) is 60.3 Å². The van der Waals surface area contributed by atoms with E-state index in [2.05, 4.69) is 0 Å². The molecule has 1 fully saturated rings. The minimum atomic E-state index is -4.42. The summed E-state index contributed by atoms with van der Waals surface area (Å²) < 4.78 is 34.4. The van der Waals surface area contributed by atoms with Crippen LogP contribution in [0.3, 0.4) is 0 Å². The van der Waals surface area contributed by atoms with Gasteiger partial charge in [-0.3, -0.25) is 0 Å². The van der Waals surface area contributed by atoms with Crippen molar-refractivity contribution in [1.29, 1.82) is 0 Å². The molecule has 0 amide bonds. The Labute approximate surface area is 106 Å². The van der Waals surface area contributed by atoms with Crippen LogP contribution in [0.25, 0.3) is 0 Å². The second-order valence-corrected chi connectivity index (χ2v) is 6.39. The number of halogens is 7. The van der Waals surface area contributed by atoms with Crippen LogP contribution in [-0.4, -0.2) is 14.8 Å². The van der Waals surface area contributed by atoms with Gasteiger partial charge in [0.1, 0.15) is 0 Å². The van der Waals surface area contributed by atoms with Gasteiger partial charge in [0.2, 0.25) is 0 Å². The summed E-state index contributed by atoms with van der Waals surface area (Å²) in [7, 11) is 0. The van der Waals surface area contributed by atoms with E-state index >= 15 is 0 Å². The van der Waals surface area contributed by atoms with Gasteiger partial charge in [0.15, 0.2) is 8.67 Å². The van der Waals surface area contributed by atoms with Gasteiger partial charge in [-0.25, -0.2) is 0 Å². The molecule has 7 heteroatoms. The van der Waals surface area contributed by atoms with Crippen molar-refractivity contribution in [3.8, 4) is 0 Å². The zero-order valence-electron chi connectivity index (χ0n) is 7.93. The molecular weight excluding hydrogens is 295 g/mol. The topological polar surface area (TPSA) is 0 Å². The zero-order chi connectivity index (χ0) is 12.3. The second kappa shape index (κ2) is 3.47. The molecule has 1 rings (SSSR count). The predicted octanol–water partition coefficient (Wildman–Crippen LogP) is 4.94. The summed E-state index contributed by atoms with van der Waals surface area (Å²) in [6, 6.07) is 0. The molecule has 1 unspecified atom stereocenters. The largest absolute Gasteiger partial charge is 0.392 e. The van der Waals surface area contributed by atoms with Gasteiger partial charge in [0.25, 0.3) is 0 Å². The van der Waals surface area contributed by atoms with E-state index in [9.17, 15) is 13.2 Å². The lowest BCUT2D eigenvalue weighted by atomic mass is 9.87. The molecule has 1 saturated carbocycles. The molecule has 0 saturated heterocycles. The molecule has 90 valence electrons. The number of hydrogen-bond acceptors (Lipinski definition) is 0. The molecule has 0 aliphatic heterocycles. The molecule has 0 aromatic heterocycles. The van der Waals surface area contributed by atoms with Crippen LogP contribution in [0.15, 0.2) is 0 Å². The monoisotopic (exact) mass is 302 g/mol. The molecule has 0 nitrogen and oxygen atoms in total. The summed E-state index contributed by atoms with van der Waals surface area (Å²) in [6.45, 7) is 2.53. The Balaban J connectivity index is 3.12. The summed E-state index contributed by atoms with van der Waals surface area (Å²) in [5, 5.41) is 0. The van der Waals surface area contributed by atoms with Gasteiger partial charge < -0.3 is 0 Å². The highest BCUT2D eigenvalue weighted by molar-refractivity contribution is 6.69. The number of rotatable bonds is 2. The van der Waals surface area contributed by atoms with E-state index in [1.165, 1.54) is 6.92 Å². The molecule has 15 heavy (non-hydrogen) atoms. The predicted molar refractivity (Wildman–Crippen MR) is 56.8 cm³/mol. The van der Waals surface area contributed by atoms with E-state index in [0.29, 0.717) is 0 Å². The Morgan fingerprint density at radius 2 is 1.40 bits per heavy atom. The standard InChI is InChI=1S/C8H9Cl4F3/c1-3-5(4(2)6(13,14)15)7(9,10)8(5,11)12/h4H,3H2,1-2H3. The highest BCUT2D eigenvalue weighted by Gasteiger charge is 2.89. The normalized spacial score (nSPS) is 28.6. The lowest BCUT2D eigenvalue weighted by Gasteiger charge is -2.26. The van der Waals surface area contributed by atoms with E-state index in [0.717, 1.165) is 6.92 Å². The van der Waals surface area contributed by atoms with Crippen LogP contribution in [0.5, 0.6) is 0 Å². The van der Waals surface area contributed by atoms with Crippen LogP contribution in [0.1, 0.15) is 20.3 Å². The van der Waals surface area contributed by atoms with Crippen molar-refractivity contribution in [3.05, 3.63) is 0 Å². The first-order valence-corrected chi connectivity index (χ1v) is 5.80. The maximum absolute atomic E-state index is 12.6. The molecule has 1 atom stereocenters. The molecule has 1 aliphatic rings. The van der Waals surface area contributed by atoms with Gasteiger partial charge in [0.05, 0.1) is 11.3 Å². The maximum Gasteiger partial charge on any atom is 0.392 e. The molecule has 0 N–H and O–H groups in total. The third-order valence-corrected chi connectivity index (χ3v) is 6.11. The van der Waals surface area contributed by atoms with Crippen LogP contribution >= 0.6 is 46.4 Å². The zero-order valence-corrected chi connectivity index (χ0v) is 11.0. The smallest absolute Gasteiger partial charge is 0.171 e. The molecule has 0 radical (unpaired) electrons. The molecule has 0 aromatic carbocycles. The third kappa shape index (κ3) is 1.50. The minimum absolute atomic E-state index is 0.0632. The van der Waals surface area contributed by atoms with Crippen LogP contribution in [0, 0.1) is 11.3 Å². The second-order valence-electron chi connectivity index (χ2n) is 3.74. The number of hydrogen-bond donors (Lipinski definition) is 0. The van der Waals surface area contributed by atoms with E-state index in [4.69, 9.17) is 46.4 Å². The first-order chi connectivity index (χ1) is 6.47. The van der Waals surface area contributed by atoms with Crippen molar-refractivity contribution in [1.82, 2.24) is 0 Å². The lowest BCUT2D eigenvalue weighted by Crippen LogP contribution is -2.33. The van der Waals surface area contributed by atoms with Crippen LogP contribution in [0.2, 0.25) is 0 Å². The fourth-order valence-electron chi connectivity index (χ4n) is 2.06. The average molecular weight is 304 g/mol. The summed E-state index contributed by atoms with van der Waals surface area (Å²) in [4.78, 5) is 0. The summed E-state index contributed by atoms with van der Waals surface area (Å²) in [5.41, 5.74) is -1.54. The molecule has 1 aliphatic carbocycles. The van der Waals surface area contributed by atoms with Crippen molar-refractivity contribution in [2.75, 3.05) is 0 Å². The minimum Gasteiger partial charge on any atom is -0.171 e. The summed E-state index contributed by atoms with van der Waals surface area (Å²) in [5.74, 6) is -1.75. The Bertz CT molecular complexity index is 258. The lowest BCUT2D eigenvalue weighted by molar-refractivity contribution is -0.188. The van der Waals surface area contributed by atoms with Gasteiger partial charge in [0, 0.05) is 0 Å². The summed E-state index contributed by atoms with van der Waals surface area (Å²) >= 11 is 23.0. The summed E-state index contributed by atoms with van der Waals surface area (Å²) in [6.07, 6.45) is -4.36. The Morgan fingerprint density at radius 1 is 1.07 bits per heavy atom.